The maximum absolute atomic E-state index is 11.7. The van der Waals surface area contributed by atoms with Crippen molar-refractivity contribution in [2.24, 2.45) is 5.73 Å². The molecular formula is C21H23N3O4. The van der Waals surface area contributed by atoms with Crippen LogP contribution in [0.25, 0.3) is 0 Å². The molecule has 1 aliphatic rings. The third-order valence-corrected chi connectivity index (χ3v) is 4.51. The molecule has 2 aromatic carbocycles. The number of hydrogen-bond acceptors (Lipinski definition) is 5. The number of carbonyl (C=O) groups excluding carboxylic acids is 2. The quantitative estimate of drug-likeness (QED) is 0.331. The molecule has 1 amide bonds. The van der Waals surface area contributed by atoms with E-state index in [1.807, 2.05) is 13.0 Å². The van der Waals surface area contributed by atoms with Crippen molar-refractivity contribution in [1.82, 2.24) is 0 Å². The number of amidine groups is 1. The van der Waals surface area contributed by atoms with Gasteiger partial charge in [0.05, 0.1) is 0 Å². The number of nitrogens with zero attached hydrogens (tertiary/aromatic N) is 1. The molecule has 0 bridgehead atoms. The second-order valence-corrected chi connectivity index (χ2v) is 6.55. The van der Waals surface area contributed by atoms with Crippen LogP contribution >= 0.6 is 0 Å². The van der Waals surface area contributed by atoms with Gasteiger partial charge in [-0.15, -0.1) is 0 Å². The fourth-order valence-corrected chi connectivity index (χ4v) is 3.06. The molecule has 0 unspecified atom stereocenters. The van der Waals surface area contributed by atoms with Crippen molar-refractivity contribution in [3.05, 3.63) is 53.6 Å². The lowest BCUT2D eigenvalue weighted by Crippen LogP contribution is -2.28. The van der Waals surface area contributed by atoms with Crippen LogP contribution in [0.4, 0.5) is 11.4 Å². The zero-order valence-electron chi connectivity index (χ0n) is 15.7. The van der Waals surface area contributed by atoms with Gasteiger partial charge < -0.3 is 15.2 Å². The van der Waals surface area contributed by atoms with Crippen LogP contribution in [0, 0.1) is 5.41 Å². The molecular weight excluding hydrogens is 358 g/mol. The molecule has 0 spiro atoms. The first-order chi connectivity index (χ1) is 13.5. The van der Waals surface area contributed by atoms with Gasteiger partial charge in [0.1, 0.15) is 11.6 Å². The summed E-state index contributed by atoms with van der Waals surface area (Å²) in [5.41, 5.74) is 8.39. The third-order valence-electron chi connectivity index (χ3n) is 4.51. The highest BCUT2D eigenvalue weighted by molar-refractivity contribution is 5.96. The van der Waals surface area contributed by atoms with Crippen LogP contribution in [-0.2, 0) is 20.7 Å². The van der Waals surface area contributed by atoms with Gasteiger partial charge in [0, 0.05) is 29.8 Å². The molecule has 7 nitrogen and oxygen atoms in total. The number of nitrogen functional groups attached to an aromatic ring is 1. The Morgan fingerprint density at radius 1 is 1.29 bits per heavy atom. The largest absolute Gasteiger partial charge is 0.454 e. The molecule has 2 aromatic rings. The van der Waals surface area contributed by atoms with Crippen LogP contribution in [-0.4, -0.2) is 24.5 Å². The lowest BCUT2D eigenvalue weighted by atomic mass is 10.0. The third kappa shape index (κ3) is 4.31. The van der Waals surface area contributed by atoms with Crippen LogP contribution in [0.1, 0.15) is 37.3 Å². The van der Waals surface area contributed by atoms with Crippen LogP contribution < -0.4 is 15.4 Å². The van der Waals surface area contributed by atoms with E-state index in [9.17, 15) is 9.59 Å². The molecule has 146 valence electrons. The highest BCUT2D eigenvalue weighted by atomic mass is 16.7. The number of hydrogen-bond donors (Lipinski definition) is 2. The molecule has 1 atom stereocenters. The number of amides is 1. The minimum Gasteiger partial charge on any atom is -0.454 e. The van der Waals surface area contributed by atoms with Gasteiger partial charge in [-0.2, -0.15) is 0 Å². The van der Waals surface area contributed by atoms with E-state index >= 15 is 0 Å². The number of rotatable bonds is 7. The van der Waals surface area contributed by atoms with Gasteiger partial charge in [-0.25, -0.2) is 0 Å². The summed E-state index contributed by atoms with van der Waals surface area (Å²) in [6, 6.07) is 12.3. The Morgan fingerprint density at radius 2 is 2.00 bits per heavy atom. The topological polar surface area (TPSA) is 106 Å². The lowest BCUT2D eigenvalue weighted by molar-refractivity contribution is -0.165. The Bertz CT molecular complexity index is 880. The van der Waals surface area contributed by atoms with E-state index in [1.165, 1.54) is 4.90 Å². The van der Waals surface area contributed by atoms with Gasteiger partial charge in [0.2, 0.25) is 12.7 Å². The number of esters is 1. The number of aryl methyl sites for hydroxylation is 1. The first-order valence-corrected chi connectivity index (χ1v) is 9.20. The summed E-state index contributed by atoms with van der Waals surface area (Å²) in [5.74, 6) is 0.375. The monoisotopic (exact) mass is 381 g/mol. The van der Waals surface area contributed by atoms with Gasteiger partial charge in [-0.1, -0.05) is 6.92 Å². The molecule has 0 saturated carbocycles. The fraction of sp³-hybridized carbons (Fsp3) is 0.286. The summed E-state index contributed by atoms with van der Waals surface area (Å²) in [6.07, 6.45) is 2.54. The van der Waals surface area contributed by atoms with Crippen LogP contribution in [0.2, 0.25) is 0 Å². The Hall–Kier alpha value is -3.35. The molecule has 3 rings (SSSR count). The highest BCUT2D eigenvalue weighted by Crippen LogP contribution is 2.33. The molecule has 1 aliphatic heterocycles. The van der Waals surface area contributed by atoms with Crippen molar-refractivity contribution in [2.45, 2.75) is 38.9 Å². The maximum atomic E-state index is 11.7. The Labute approximate surface area is 163 Å². The molecule has 3 N–H and O–H groups in total. The van der Waals surface area contributed by atoms with Crippen LogP contribution in [0.5, 0.6) is 5.75 Å². The van der Waals surface area contributed by atoms with Crippen molar-refractivity contribution in [1.29, 1.82) is 5.41 Å². The summed E-state index contributed by atoms with van der Waals surface area (Å²) in [6.45, 7) is 1.92. The second kappa shape index (κ2) is 8.56. The molecule has 0 saturated heterocycles. The van der Waals surface area contributed by atoms with E-state index in [0.29, 0.717) is 42.0 Å². The van der Waals surface area contributed by atoms with Gasteiger partial charge in [0.15, 0.2) is 0 Å². The van der Waals surface area contributed by atoms with E-state index in [1.54, 1.807) is 36.4 Å². The number of nitrogens with one attached hydrogen (secondary N) is 1. The Balaban J connectivity index is 1.76. The summed E-state index contributed by atoms with van der Waals surface area (Å²) >= 11 is 0. The fourth-order valence-electron chi connectivity index (χ4n) is 3.06. The van der Waals surface area contributed by atoms with Crippen molar-refractivity contribution in [3.63, 3.8) is 0 Å². The van der Waals surface area contributed by atoms with E-state index in [-0.39, 0.29) is 11.8 Å². The van der Waals surface area contributed by atoms with Crippen molar-refractivity contribution >= 4 is 29.6 Å². The summed E-state index contributed by atoms with van der Waals surface area (Å²) < 4.78 is 11.1. The first kappa shape index (κ1) is 19.4. The molecule has 0 radical (unpaired) electrons. The number of ether oxygens (including phenoxy) is 2. The number of benzene rings is 2. The smallest absolute Gasteiger partial charge is 0.308 e. The summed E-state index contributed by atoms with van der Waals surface area (Å²) in [4.78, 5) is 24.9. The SMILES string of the molecule is CCCC(=O)O[C@H]1CCc2cc(N(C=O)c3ccc(C(=N)N)cc3)ccc2O1. The van der Waals surface area contributed by atoms with Crippen molar-refractivity contribution in [3.8, 4) is 5.75 Å². The summed E-state index contributed by atoms with van der Waals surface area (Å²) in [7, 11) is 0. The number of nitrogens with two attached hydrogens (primary N) is 1. The average molecular weight is 381 g/mol. The average Bonchev–Trinajstić information content (AvgIpc) is 2.69. The predicted octanol–water partition coefficient (Wildman–Crippen LogP) is 3.26. The van der Waals surface area contributed by atoms with Crippen molar-refractivity contribution in [2.75, 3.05) is 4.90 Å². The summed E-state index contributed by atoms with van der Waals surface area (Å²) in [5, 5.41) is 7.46. The normalized spacial score (nSPS) is 15.1. The minimum absolute atomic E-state index is 0.0238. The predicted molar refractivity (Wildman–Crippen MR) is 106 cm³/mol. The number of anilines is 2. The maximum Gasteiger partial charge on any atom is 0.308 e. The first-order valence-electron chi connectivity index (χ1n) is 9.20. The number of carbonyl (C=O) groups is 2. The van der Waals surface area contributed by atoms with E-state index in [4.69, 9.17) is 20.6 Å². The highest BCUT2D eigenvalue weighted by Gasteiger charge is 2.23. The van der Waals surface area contributed by atoms with E-state index in [0.717, 1.165) is 18.4 Å². The zero-order chi connectivity index (χ0) is 20.1. The molecule has 7 heteroatoms. The second-order valence-electron chi connectivity index (χ2n) is 6.55. The van der Waals surface area contributed by atoms with Crippen LogP contribution in [0.15, 0.2) is 42.5 Å². The van der Waals surface area contributed by atoms with Gasteiger partial charge in [-0.3, -0.25) is 19.9 Å². The standard InChI is InChI=1S/C21H23N3O4/c1-2-3-19(26)28-20-11-6-15-12-17(9-10-18(15)27-20)24(13-25)16-7-4-14(5-8-16)21(22)23/h4-5,7-10,12-13,20H,2-3,6,11H2,1H3,(H3,22,23)/t20-/m0/s1. The molecule has 0 aromatic heterocycles. The van der Waals surface area contributed by atoms with Crippen molar-refractivity contribution < 1.29 is 19.1 Å². The number of fused-ring (bicyclic) bond motifs is 1. The van der Waals surface area contributed by atoms with E-state index in [2.05, 4.69) is 0 Å². The van der Waals surface area contributed by atoms with E-state index < -0.39 is 6.29 Å². The Morgan fingerprint density at radius 3 is 2.64 bits per heavy atom. The van der Waals surface area contributed by atoms with Gasteiger partial charge in [-0.05, 0) is 60.9 Å². The van der Waals surface area contributed by atoms with Crippen LogP contribution in [0.3, 0.4) is 0 Å². The molecule has 0 aliphatic carbocycles. The molecule has 1 heterocycles. The van der Waals surface area contributed by atoms with Gasteiger partial charge >= 0.3 is 5.97 Å². The zero-order valence-corrected chi connectivity index (χ0v) is 15.7. The minimum atomic E-state index is -0.571. The Kier molecular flexibility index (Phi) is 5.93. The lowest BCUT2D eigenvalue weighted by Gasteiger charge is -2.27. The molecule has 0 fully saturated rings. The molecule has 28 heavy (non-hydrogen) atoms. The van der Waals surface area contributed by atoms with Gasteiger partial charge in [0.25, 0.3) is 0 Å².